The maximum absolute atomic E-state index is 12.1. The molecule has 0 spiro atoms. The monoisotopic (exact) mass is 312 g/mol. The molecule has 4 heteroatoms. The van der Waals surface area contributed by atoms with Gasteiger partial charge in [0.15, 0.2) is 6.29 Å². The lowest BCUT2D eigenvalue weighted by molar-refractivity contribution is -0.0359. The predicted octanol–water partition coefficient (Wildman–Crippen LogP) is 3.48. The smallest absolute Gasteiger partial charge is 0.338 e. The van der Waals surface area contributed by atoms with Gasteiger partial charge >= 0.3 is 5.97 Å². The van der Waals surface area contributed by atoms with E-state index in [1.807, 2.05) is 50.2 Å². The Bertz CT molecular complexity index is 694. The van der Waals surface area contributed by atoms with Crippen LogP contribution in [-0.4, -0.2) is 23.5 Å². The molecule has 0 radical (unpaired) electrons. The molecule has 23 heavy (non-hydrogen) atoms. The number of esters is 1. The Hall–Kier alpha value is -2.33. The largest absolute Gasteiger partial charge is 0.465 e. The predicted molar refractivity (Wildman–Crippen MR) is 86.5 cm³/mol. The van der Waals surface area contributed by atoms with Crippen molar-refractivity contribution in [3.05, 3.63) is 65.2 Å². The molecule has 1 heterocycles. The number of aliphatic hydroxyl groups excluding tert-OH is 1. The van der Waals surface area contributed by atoms with Crippen molar-refractivity contribution < 1.29 is 19.4 Å². The highest BCUT2D eigenvalue weighted by atomic mass is 16.6. The fraction of sp³-hybridized carbons (Fsp3) is 0.316. The quantitative estimate of drug-likeness (QED) is 0.882. The molecule has 0 bridgehead atoms. The van der Waals surface area contributed by atoms with E-state index in [0.29, 0.717) is 17.7 Å². The number of benzene rings is 2. The average Bonchev–Trinajstić information content (AvgIpc) is 2.53. The van der Waals surface area contributed by atoms with Crippen LogP contribution in [-0.2, 0) is 4.74 Å². The van der Waals surface area contributed by atoms with E-state index in [9.17, 15) is 9.90 Å². The van der Waals surface area contributed by atoms with Crippen molar-refractivity contribution in [2.45, 2.75) is 38.6 Å². The molecule has 3 rings (SSSR count). The summed E-state index contributed by atoms with van der Waals surface area (Å²) in [6.45, 7) is 3.64. The van der Waals surface area contributed by atoms with Crippen LogP contribution < -0.4 is 4.74 Å². The van der Waals surface area contributed by atoms with E-state index >= 15 is 0 Å². The minimum absolute atomic E-state index is 0.0123. The summed E-state index contributed by atoms with van der Waals surface area (Å²) >= 11 is 0. The third-order valence-electron chi connectivity index (χ3n) is 3.87. The molecule has 0 saturated carbocycles. The summed E-state index contributed by atoms with van der Waals surface area (Å²) < 4.78 is 10.8. The summed E-state index contributed by atoms with van der Waals surface area (Å²) in [5.41, 5.74) is 2.49. The van der Waals surface area contributed by atoms with Crippen molar-refractivity contribution >= 4 is 5.97 Å². The Morgan fingerprint density at radius 3 is 2.65 bits per heavy atom. The number of carbonyl (C=O) groups excluding carboxylic acids is 1. The Balaban J connectivity index is 1.99. The zero-order valence-corrected chi connectivity index (χ0v) is 13.2. The van der Waals surface area contributed by atoms with Gasteiger partial charge in [-0.05, 0) is 37.6 Å². The molecule has 1 aliphatic rings. The van der Waals surface area contributed by atoms with Crippen LogP contribution in [0.3, 0.4) is 0 Å². The molecule has 0 amide bonds. The van der Waals surface area contributed by atoms with E-state index in [0.717, 1.165) is 11.1 Å². The molecular weight excluding hydrogens is 292 g/mol. The van der Waals surface area contributed by atoms with Gasteiger partial charge in [0, 0.05) is 17.9 Å². The molecule has 4 nitrogen and oxygen atoms in total. The second-order valence-electron chi connectivity index (χ2n) is 5.98. The Kier molecular flexibility index (Phi) is 4.35. The van der Waals surface area contributed by atoms with Crippen LogP contribution >= 0.6 is 0 Å². The summed E-state index contributed by atoms with van der Waals surface area (Å²) in [5, 5.41) is 9.97. The lowest BCUT2D eigenvalue weighted by atomic mass is 9.85. The minimum atomic E-state index is -0.846. The summed E-state index contributed by atoms with van der Waals surface area (Å²) in [5.74, 6) is 0.251. The number of rotatable bonds is 3. The number of ether oxygens (including phenoxy) is 2. The van der Waals surface area contributed by atoms with Crippen molar-refractivity contribution in [3.8, 4) is 5.75 Å². The molecule has 0 aromatic heterocycles. The molecule has 2 aromatic carbocycles. The molecule has 120 valence electrons. The van der Waals surface area contributed by atoms with Crippen molar-refractivity contribution in [2.75, 3.05) is 0 Å². The maximum Gasteiger partial charge on any atom is 0.338 e. The van der Waals surface area contributed by atoms with Gasteiger partial charge in [-0.15, -0.1) is 0 Å². The van der Waals surface area contributed by atoms with E-state index in [1.165, 1.54) is 0 Å². The molecule has 1 unspecified atom stereocenters. The summed E-state index contributed by atoms with van der Waals surface area (Å²) in [6, 6.07) is 15.1. The first-order valence-electron chi connectivity index (χ1n) is 7.79. The van der Waals surface area contributed by atoms with Gasteiger partial charge in [0.2, 0.25) is 0 Å². The molecule has 0 aliphatic carbocycles. The number of hydrogen-bond donors (Lipinski definition) is 1. The van der Waals surface area contributed by atoms with Crippen LogP contribution in [0.2, 0.25) is 0 Å². The fourth-order valence-electron chi connectivity index (χ4n) is 2.86. The van der Waals surface area contributed by atoms with Gasteiger partial charge in [0.25, 0.3) is 0 Å². The summed E-state index contributed by atoms with van der Waals surface area (Å²) in [7, 11) is 0. The molecule has 2 aromatic rings. The van der Waals surface area contributed by atoms with E-state index in [-0.39, 0.29) is 18.0 Å². The van der Waals surface area contributed by atoms with Gasteiger partial charge in [0.05, 0.1) is 11.7 Å². The van der Waals surface area contributed by atoms with Crippen molar-refractivity contribution in [3.63, 3.8) is 0 Å². The van der Waals surface area contributed by atoms with Gasteiger partial charge in [-0.2, -0.15) is 0 Å². The van der Waals surface area contributed by atoms with E-state index < -0.39 is 6.29 Å². The van der Waals surface area contributed by atoms with Crippen LogP contribution in [0, 0.1) is 0 Å². The van der Waals surface area contributed by atoms with E-state index in [4.69, 9.17) is 9.47 Å². The van der Waals surface area contributed by atoms with Gasteiger partial charge in [-0.1, -0.05) is 30.3 Å². The average molecular weight is 312 g/mol. The van der Waals surface area contributed by atoms with Crippen LogP contribution in [0.4, 0.5) is 0 Å². The van der Waals surface area contributed by atoms with Gasteiger partial charge in [-0.3, -0.25) is 0 Å². The normalized spacial score (nSPS) is 19.8. The van der Waals surface area contributed by atoms with Gasteiger partial charge < -0.3 is 14.6 Å². The summed E-state index contributed by atoms with van der Waals surface area (Å²) in [6.07, 6.45) is -0.553. The van der Waals surface area contributed by atoms with Gasteiger partial charge in [0.1, 0.15) is 5.75 Å². The number of aliphatic hydroxyl groups is 1. The highest BCUT2D eigenvalue weighted by molar-refractivity contribution is 5.90. The Labute approximate surface area is 135 Å². The van der Waals surface area contributed by atoms with Crippen molar-refractivity contribution in [2.24, 2.45) is 0 Å². The Morgan fingerprint density at radius 1 is 1.22 bits per heavy atom. The minimum Gasteiger partial charge on any atom is -0.465 e. The molecule has 0 fully saturated rings. The highest BCUT2D eigenvalue weighted by Gasteiger charge is 2.29. The zero-order chi connectivity index (χ0) is 16.4. The van der Waals surface area contributed by atoms with Crippen molar-refractivity contribution in [1.29, 1.82) is 0 Å². The number of hydrogen-bond acceptors (Lipinski definition) is 4. The van der Waals surface area contributed by atoms with Crippen LogP contribution in [0.15, 0.2) is 48.5 Å². The standard InChI is InChI=1S/C19H20O4/c1-12(2)22-19(21)14-8-9-17-16(10-14)15(11-18(20)23-17)13-6-4-3-5-7-13/h3-10,12,15,18,20H,11H2,1-2H3/t15-,18?/m0/s1. The molecule has 0 saturated heterocycles. The first kappa shape index (κ1) is 15.6. The molecule has 1 aliphatic heterocycles. The topological polar surface area (TPSA) is 55.8 Å². The SMILES string of the molecule is CC(C)OC(=O)c1ccc2c(c1)[C@H](c1ccccc1)CC(O)O2. The lowest BCUT2D eigenvalue weighted by Crippen LogP contribution is -2.26. The second-order valence-corrected chi connectivity index (χ2v) is 5.98. The zero-order valence-electron chi connectivity index (χ0n) is 13.2. The van der Waals surface area contributed by atoms with Gasteiger partial charge in [-0.25, -0.2) is 4.79 Å². The molecule has 2 atom stereocenters. The van der Waals surface area contributed by atoms with Crippen molar-refractivity contribution in [1.82, 2.24) is 0 Å². The van der Waals surface area contributed by atoms with E-state index in [2.05, 4.69) is 0 Å². The third-order valence-corrected chi connectivity index (χ3v) is 3.87. The van der Waals surface area contributed by atoms with E-state index in [1.54, 1.807) is 12.1 Å². The lowest BCUT2D eigenvalue weighted by Gasteiger charge is -2.30. The van der Waals surface area contributed by atoms with Crippen LogP contribution in [0.5, 0.6) is 5.75 Å². The second kappa shape index (κ2) is 6.42. The van der Waals surface area contributed by atoms with Crippen LogP contribution in [0.25, 0.3) is 0 Å². The molecule has 1 N–H and O–H groups in total. The number of carbonyl (C=O) groups is 1. The summed E-state index contributed by atoms with van der Waals surface area (Å²) in [4.78, 5) is 12.1. The number of fused-ring (bicyclic) bond motifs is 1. The molecular formula is C19H20O4. The van der Waals surface area contributed by atoms with Crippen LogP contribution in [0.1, 0.15) is 47.7 Å². The third kappa shape index (κ3) is 3.37. The highest BCUT2D eigenvalue weighted by Crippen LogP contribution is 2.40. The fourth-order valence-corrected chi connectivity index (χ4v) is 2.86. The first-order chi connectivity index (χ1) is 11.0. The maximum atomic E-state index is 12.1. The Morgan fingerprint density at radius 2 is 1.96 bits per heavy atom. The first-order valence-corrected chi connectivity index (χ1v) is 7.79.